The number of fused-ring (bicyclic) bond motifs is 2. The van der Waals surface area contributed by atoms with Crippen LogP contribution >= 0.6 is 0 Å². The largest absolute Gasteiger partial charge is 0.481 e. The molecule has 2 saturated carbocycles. The fraction of sp³-hybridized carbons (Fsp3) is 0.583. The molecule has 4 unspecified atom stereocenters. The van der Waals surface area contributed by atoms with E-state index in [-0.39, 0.29) is 5.92 Å². The Morgan fingerprint density at radius 3 is 2.71 bits per heavy atom. The predicted octanol–water partition coefficient (Wildman–Crippen LogP) is 2.23. The van der Waals surface area contributed by atoms with Gasteiger partial charge in [0.2, 0.25) is 0 Å². The Hall–Kier alpha value is -1.05. The number of carbonyl (C=O) groups is 1. The first-order chi connectivity index (χ1) is 6.75. The molecule has 0 aromatic carbocycles. The van der Waals surface area contributed by atoms with Crippen LogP contribution in [0.3, 0.4) is 0 Å². The highest BCUT2D eigenvalue weighted by atomic mass is 16.4. The Morgan fingerprint density at radius 2 is 2.07 bits per heavy atom. The number of rotatable bonds is 2. The zero-order chi connectivity index (χ0) is 9.71. The lowest BCUT2D eigenvalue weighted by Crippen LogP contribution is -2.25. The average Bonchev–Trinajstić information content (AvgIpc) is 2.74. The van der Waals surface area contributed by atoms with Crippen molar-refractivity contribution < 1.29 is 9.90 Å². The Morgan fingerprint density at radius 1 is 1.36 bits per heavy atom. The second-order valence-electron chi connectivity index (χ2n) is 4.71. The number of carboxylic acids is 1. The number of hydrogen-bond donors (Lipinski definition) is 1. The summed E-state index contributed by atoms with van der Waals surface area (Å²) in [7, 11) is 0. The van der Waals surface area contributed by atoms with Crippen LogP contribution in [-0.2, 0) is 4.79 Å². The summed E-state index contributed by atoms with van der Waals surface area (Å²) in [4.78, 5) is 11.1. The lowest BCUT2D eigenvalue weighted by Gasteiger charge is -2.21. The van der Waals surface area contributed by atoms with Gasteiger partial charge >= 0.3 is 5.97 Å². The molecule has 1 N–H and O–H groups in total. The molecule has 3 aliphatic carbocycles. The van der Waals surface area contributed by atoms with Gasteiger partial charge in [-0.15, -0.1) is 0 Å². The lowest BCUT2D eigenvalue weighted by atomic mass is 9.83. The SMILES string of the molecule is O=C(O)C1C2C=CC(C2)C1C=C1CC1. The minimum absolute atomic E-state index is 0.141. The van der Waals surface area contributed by atoms with Gasteiger partial charge < -0.3 is 5.11 Å². The van der Waals surface area contributed by atoms with Crippen LogP contribution in [0.2, 0.25) is 0 Å². The first-order valence-corrected chi connectivity index (χ1v) is 5.36. The average molecular weight is 190 g/mol. The van der Waals surface area contributed by atoms with Gasteiger partial charge in [-0.05, 0) is 37.0 Å². The number of hydrogen-bond acceptors (Lipinski definition) is 1. The first-order valence-electron chi connectivity index (χ1n) is 5.36. The summed E-state index contributed by atoms with van der Waals surface area (Å²) >= 11 is 0. The van der Waals surface area contributed by atoms with Gasteiger partial charge in [-0.2, -0.15) is 0 Å². The molecule has 0 aliphatic heterocycles. The summed E-state index contributed by atoms with van der Waals surface area (Å²) < 4.78 is 0. The quantitative estimate of drug-likeness (QED) is 0.678. The van der Waals surface area contributed by atoms with Gasteiger partial charge in [-0.1, -0.05) is 23.8 Å². The molecule has 14 heavy (non-hydrogen) atoms. The van der Waals surface area contributed by atoms with Crippen LogP contribution in [0.4, 0.5) is 0 Å². The topological polar surface area (TPSA) is 37.3 Å². The molecule has 0 heterocycles. The van der Waals surface area contributed by atoms with Crippen molar-refractivity contribution in [2.75, 3.05) is 0 Å². The van der Waals surface area contributed by atoms with Gasteiger partial charge in [0.1, 0.15) is 0 Å². The van der Waals surface area contributed by atoms with Crippen molar-refractivity contribution in [2.24, 2.45) is 23.7 Å². The second kappa shape index (κ2) is 2.72. The number of allylic oxidation sites excluding steroid dienone is 4. The highest BCUT2D eigenvalue weighted by molar-refractivity contribution is 5.72. The minimum Gasteiger partial charge on any atom is -0.481 e. The van der Waals surface area contributed by atoms with E-state index in [2.05, 4.69) is 18.2 Å². The zero-order valence-electron chi connectivity index (χ0n) is 8.02. The molecule has 74 valence electrons. The van der Waals surface area contributed by atoms with E-state index in [1.807, 2.05) is 0 Å². The Bertz CT molecular complexity index is 334. The van der Waals surface area contributed by atoms with E-state index in [0.29, 0.717) is 17.8 Å². The maximum Gasteiger partial charge on any atom is 0.307 e. The Labute approximate surface area is 83.3 Å². The van der Waals surface area contributed by atoms with Crippen molar-refractivity contribution >= 4 is 5.97 Å². The summed E-state index contributed by atoms with van der Waals surface area (Å²) in [5.74, 6) is 0.356. The van der Waals surface area contributed by atoms with E-state index in [0.717, 1.165) is 6.42 Å². The zero-order valence-corrected chi connectivity index (χ0v) is 8.02. The monoisotopic (exact) mass is 190 g/mol. The molecule has 3 aliphatic rings. The van der Waals surface area contributed by atoms with Gasteiger partial charge in [0, 0.05) is 0 Å². The molecule has 0 saturated heterocycles. The van der Waals surface area contributed by atoms with Crippen molar-refractivity contribution in [3.63, 3.8) is 0 Å². The summed E-state index contributed by atoms with van der Waals surface area (Å²) in [5, 5.41) is 9.18. The van der Waals surface area contributed by atoms with Crippen molar-refractivity contribution in [2.45, 2.75) is 19.3 Å². The van der Waals surface area contributed by atoms with Gasteiger partial charge in [-0.25, -0.2) is 0 Å². The van der Waals surface area contributed by atoms with E-state index in [1.165, 1.54) is 18.4 Å². The molecule has 0 aromatic heterocycles. The maximum absolute atomic E-state index is 11.1. The van der Waals surface area contributed by atoms with Gasteiger partial charge in [-0.3, -0.25) is 4.79 Å². The number of carboxylic acid groups (broad SMARTS) is 1. The third kappa shape index (κ3) is 1.13. The van der Waals surface area contributed by atoms with Crippen LogP contribution in [0.25, 0.3) is 0 Å². The van der Waals surface area contributed by atoms with E-state index in [9.17, 15) is 9.90 Å². The number of aliphatic carboxylic acids is 1. The van der Waals surface area contributed by atoms with Gasteiger partial charge in [0.15, 0.2) is 0 Å². The molecular weight excluding hydrogens is 176 g/mol. The van der Waals surface area contributed by atoms with Crippen LogP contribution in [0.5, 0.6) is 0 Å². The standard InChI is InChI=1S/C12H14O2/c13-12(14)11-9-4-3-8(6-9)10(11)5-7-1-2-7/h3-5,8-11H,1-2,6H2,(H,13,14). The molecule has 2 nitrogen and oxygen atoms in total. The highest BCUT2D eigenvalue weighted by Gasteiger charge is 2.47. The summed E-state index contributed by atoms with van der Waals surface area (Å²) in [6, 6.07) is 0. The molecule has 0 spiro atoms. The first kappa shape index (κ1) is 8.27. The molecule has 4 atom stereocenters. The van der Waals surface area contributed by atoms with Crippen molar-refractivity contribution in [1.29, 1.82) is 0 Å². The van der Waals surface area contributed by atoms with Crippen molar-refractivity contribution in [3.05, 3.63) is 23.8 Å². The van der Waals surface area contributed by atoms with Crippen molar-refractivity contribution in [3.8, 4) is 0 Å². The molecule has 0 amide bonds. The molecular formula is C12H14O2. The maximum atomic E-state index is 11.1. The lowest BCUT2D eigenvalue weighted by molar-refractivity contribution is -0.143. The van der Waals surface area contributed by atoms with E-state index in [4.69, 9.17) is 0 Å². The molecule has 0 radical (unpaired) electrons. The molecule has 2 bridgehead atoms. The fourth-order valence-corrected chi connectivity index (χ4v) is 2.95. The van der Waals surface area contributed by atoms with Crippen LogP contribution in [-0.4, -0.2) is 11.1 Å². The smallest absolute Gasteiger partial charge is 0.307 e. The molecule has 3 rings (SSSR count). The second-order valence-corrected chi connectivity index (χ2v) is 4.71. The van der Waals surface area contributed by atoms with Crippen LogP contribution in [0, 0.1) is 23.7 Å². The third-order valence-corrected chi connectivity index (χ3v) is 3.77. The molecule has 0 aromatic rings. The molecule has 2 fully saturated rings. The molecule has 2 heteroatoms. The Balaban J connectivity index is 1.90. The fourth-order valence-electron chi connectivity index (χ4n) is 2.95. The van der Waals surface area contributed by atoms with Crippen LogP contribution in [0.15, 0.2) is 23.8 Å². The van der Waals surface area contributed by atoms with Crippen LogP contribution in [0.1, 0.15) is 19.3 Å². The van der Waals surface area contributed by atoms with Crippen molar-refractivity contribution in [1.82, 2.24) is 0 Å². The summed E-state index contributed by atoms with van der Waals surface area (Å²) in [6.45, 7) is 0. The summed E-state index contributed by atoms with van der Waals surface area (Å²) in [5.41, 5.74) is 1.47. The Kier molecular flexibility index (Phi) is 1.61. The highest BCUT2D eigenvalue weighted by Crippen LogP contribution is 2.50. The normalized spacial score (nSPS) is 43.0. The van der Waals surface area contributed by atoms with Gasteiger partial charge in [0.05, 0.1) is 5.92 Å². The minimum atomic E-state index is -0.607. The summed E-state index contributed by atoms with van der Waals surface area (Å²) in [6.07, 6.45) is 10.0. The third-order valence-electron chi connectivity index (χ3n) is 3.77. The van der Waals surface area contributed by atoms with E-state index >= 15 is 0 Å². The van der Waals surface area contributed by atoms with E-state index < -0.39 is 5.97 Å². The van der Waals surface area contributed by atoms with E-state index in [1.54, 1.807) is 0 Å². The van der Waals surface area contributed by atoms with Crippen LogP contribution < -0.4 is 0 Å². The van der Waals surface area contributed by atoms with Gasteiger partial charge in [0.25, 0.3) is 0 Å². The predicted molar refractivity (Wildman–Crippen MR) is 52.7 cm³/mol.